The van der Waals surface area contributed by atoms with Crippen LogP contribution >= 0.6 is 0 Å². The minimum atomic E-state index is -3.66. The fraction of sp³-hybridized carbons (Fsp3) is 0.300. The Kier molecular flexibility index (Phi) is 3.88. The van der Waals surface area contributed by atoms with E-state index in [9.17, 15) is 8.42 Å². The smallest absolute Gasteiger partial charge is 0.258 e. The first kappa shape index (κ1) is 13.6. The van der Waals surface area contributed by atoms with Crippen molar-refractivity contribution >= 4 is 10.0 Å². The second-order valence-electron chi connectivity index (χ2n) is 3.89. The third-order valence-corrected chi connectivity index (χ3v) is 3.85. The number of aromatic nitrogens is 4. The van der Waals surface area contributed by atoms with E-state index in [0.717, 1.165) is 5.56 Å². The van der Waals surface area contributed by atoms with Gasteiger partial charge < -0.3 is 10.3 Å². The van der Waals surface area contributed by atoms with Crippen molar-refractivity contribution in [3.05, 3.63) is 36.0 Å². The first-order valence-electron chi connectivity index (χ1n) is 5.50. The van der Waals surface area contributed by atoms with Crippen molar-refractivity contribution in [2.45, 2.75) is 18.1 Å². The Bertz CT molecular complexity index is 649. The van der Waals surface area contributed by atoms with Crippen LogP contribution in [0.5, 0.6) is 0 Å². The summed E-state index contributed by atoms with van der Waals surface area (Å²) in [6.07, 6.45) is 2.94. The molecule has 2 aromatic rings. The first-order chi connectivity index (χ1) is 9.03. The van der Waals surface area contributed by atoms with E-state index in [1.54, 1.807) is 17.7 Å². The molecule has 9 heteroatoms. The van der Waals surface area contributed by atoms with Gasteiger partial charge in [0, 0.05) is 19.8 Å². The number of nitrogens with zero attached hydrogens (tertiary/aromatic N) is 4. The van der Waals surface area contributed by atoms with Gasteiger partial charge in [0.1, 0.15) is 12.2 Å². The van der Waals surface area contributed by atoms with E-state index in [4.69, 9.17) is 5.73 Å². The first-order valence-corrected chi connectivity index (χ1v) is 6.99. The molecule has 0 atom stereocenters. The molecule has 0 aliphatic rings. The summed E-state index contributed by atoms with van der Waals surface area (Å²) >= 11 is 0. The Labute approximate surface area is 110 Å². The highest BCUT2D eigenvalue weighted by molar-refractivity contribution is 7.89. The Morgan fingerprint density at radius 3 is 2.74 bits per heavy atom. The van der Waals surface area contributed by atoms with E-state index >= 15 is 0 Å². The van der Waals surface area contributed by atoms with Gasteiger partial charge in [0.15, 0.2) is 5.03 Å². The number of hydrogen-bond donors (Lipinski definition) is 2. The van der Waals surface area contributed by atoms with Gasteiger partial charge in [-0.1, -0.05) is 6.07 Å². The average Bonchev–Trinajstić information content (AvgIpc) is 2.82. The van der Waals surface area contributed by atoms with Crippen molar-refractivity contribution in [1.82, 2.24) is 24.5 Å². The molecule has 0 aliphatic carbocycles. The summed E-state index contributed by atoms with van der Waals surface area (Å²) in [5.74, 6) is 0.516. The number of rotatable bonds is 5. The maximum Gasteiger partial charge on any atom is 0.258 e. The molecular formula is C10H14N6O2S. The highest BCUT2D eigenvalue weighted by Gasteiger charge is 2.16. The lowest BCUT2D eigenvalue weighted by atomic mass is 10.3. The summed E-state index contributed by atoms with van der Waals surface area (Å²) in [5.41, 5.74) is 6.20. The highest BCUT2D eigenvalue weighted by atomic mass is 32.2. The quantitative estimate of drug-likeness (QED) is 0.737. The van der Waals surface area contributed by atoms with E-state index in [1.807, 2.05) is 0 Å². The molecule has 0 aliphatic heterocycles. The molecule has 0 unspecified atom stereocenters. The lowest BCUT2D eigenvalue weighted by molar-refractivity contribution is 0.573. The molecule has 0 amide bonds. The average molecular weight is 282 g/mol. The van der Waals surface area contributed by atoms with Crippen molar-refractivity contribution in [2.24, 2.45) is 12.8 Å². The number of nitrogens with two attached hydrogens (primary N) is 1. The van der Waals surface area contributed by atoms with Gasteiger partial charge in [0.05, 0.1) is 6.54 Å². The summed E-state index contributed by atoms with van der Waals surface area (Å²) in [7, 11) is -1.93. The molecule has 0 bridgehead atoms. The predicted octanol–water partition coefficient (Wildman–Crippen LogP) is -0.853. The fourth-order valence-corrected chi connectivity index (χ4v) is 2.30. The van der Waals surface area contributed by atoms with Gasteiger partial charge in [0.25, 0.3) is 10.0 Å². The van der Waals surface area contributed by atoms with E-state index in [2.05, 4.69) is 19.9 Å². The number of sulfonamides is 1. The molecule has 0 radical (unpaired) electrons. The van der Waals surface area contributed by atoms with Crippen molar-refractivity contribution in [3.8, 4) is 0 Å². The molecule has 2 rings (SSSR count). The van der Waals surface area contributed by atoms with Crippen LogP contribution in [0, 0.1) is 0 Å². The van der Waals surface area contributed by atoms with Crippen LogP contribution in [0.25, 0.3) is 0 Å². The molecule has 102 valence electrons. The van der Waals surface area contributed by atoms with Gasteiger partial charge in [-0.15, -0.1) is 10.2 Å². The third kappa shape index (κ3) is 3.13. The zero-order valence-corrected chi connectivity index (χ0v) is 11.1. The van der Waals surface area contributed by atoms with Crippen LogP contribution in [0.1, 0.15) is 11.4 Å². The topological polar surface area (TPSA) is 116 Å². The minimum absolute atomic E-state index is 0.0492. The molecule has 3 N–H and O–H groups in total. The summed E-state index contributed by atoms with van der Waals surface area (Å²) in [5, 5.41) is 7.41. The van der Waals surface area contributed by atoms with Gasteiger partial charge in [-0.3, -0.25) is 0 Å². The van der Waals surface area contributed by atoms with Crippen molar-refractivity contribution < 1.29 is 8.42 Å². The molecular weight excluding hydrogens is 268 g/mol. The molecule has 0 fully saturated rings. The Balaban J connectivity index is 2.11. The Morgan fingerprint density at radius 1 is 1.42 bits per heavy atom. The molecule has 8 nitrogen and oxygen atoms in total. The second kappa shape index (κ2) is 5.43. The molecule has 2 aromatic heterocycles. The fourth-order valence-electron chi connectivity index (χ4n) is 1.39. The summed E-state index contributed by atoms with van der Waals surface area (Å²) in [4.78, 5) is 3.87. The molecule has 0 aromatic carbocycles. The molecule has 2 heterocycles. The monoisotopic (exact) mass is 282 g/mol. The molecule has 0 saturated heterocycles. The van der Waals surface area contributed by atoms with E-state index in [0.29, 0.717) is 12.4 Å². The van der Waals surface area contributed by atoms with E-state index in [-0.39, 0.29) is 11.6 Å². The molecule has 19 heavy (non-hydrogen) atoms. The highest BCUT2D eigenvalue weighted by Crippen LogP contribution is 2.06. The van der Waals surface area contributed by atoms with Crippen LogP contribution in [-0.2, 0) is 30.2 Å². The zero-order valence-electron chi connectivity index (χ0n) is 10.3. The number of nitrogens with one attached hydrogen (secondary N) is 1. The van der Waals surface area contributed by atoms with Crippen molar-refractivity contribution in [3.63, 3.8) is 0 Å². The van der Waals surface area contributed by atoms with Gasteiger partial charge in [-0.05, 0) is 11.6 Å². The largest absolute Gasteiger partial charge is 0.326 e. The van der Waals surface area contributed by atoms with Crippen LogP contribution in [0.2, 0.25) is 0 Å². The van der Waals surface area contributed by atoms with Crippen LogP contribution in [0.4, 0.5) is 0 Å². The Morgan fingerprint density at radius 2 is 2.21 bits per heavy atom. The zero-order chi connectivity index (χ0) is 13.9. The minimum Gasteiger partial charge on any atom is -0.326 e. The maximum absolute atomic E-state index is 12.0. The van der Waals surface area contributed by atoms with Crippen LogP contribution in [0.15, 0.2) is 29.7 Å². The van der Waals surface area contributed by atoms with Gasteiger partial charge >= 0.3 is 0 Å². The summed E-state index contributed by atoms with van der Waals surface area (Å²) in [6, 6.07) is 3.05. The lowest BCUT2D eigenvalue weighted by Gasteiger charge is -2.06. The number of pyridine rings is 1. The number of aryl methyl sites for hydroxylation is 1. The van der Waals surface area contributed by atoms with Gasteiger partial charge in [-0.25, -0.2) is 18.1 Å². The van der Waals surface area contributed by atoms with Crippen LogP contribution in [0.3, 0.4) is 0 Å². The normalized spacial score (nSPS) is 11.7. The second-order valence-corrected chi connectivity index (χ2v) is 5.61. The van der Waals surface area contributed by atoms with Crippen LogP contribution < -0.4 is 10.5 Å². The van der Waals surface area contributed by atoms with Crippen LogP contribution in [-0.4, -0.2) is 28.2 Å². The van der Waals surface area contributed by atoms with Gasteiger partial charge in [-0.2, -0.15) is 0 Å². The van der Waals surface area contributed by atoms with E-state index in [1.165, 1.54) is 18.6 Å². The van der Waals surface area contributed by atoms with Crippen molar-refractivity contribution in [2.75, 3.05) is 0 Å². The summed E-state index contributed by atoms with van der Waals surface area (Å²) in [6.45, 7) is 0.374. The number of hydrogen-bond acceptors (Lipinski definition) is 6. The van der Waals surface area contributed by atoms with Gasteiger partial charge in [0.2, 0.25) is 0 Å². The SMILES string of the molecule is Cn1cnnc1CNS(=O)(=O)c1ccc(CN)cn1. The molecule has 0 saturated carbocycles. The van der Waals surface area contributed by atoms with Crippen molar-refractivity contribution in [1.29, 1.82) is 0 Å². The summed E-state index contributed by atoms with van der Waals surface area (Å²) < 4.78 is 28.0. The maximum atomic E-state index is 12.0. The lowest BCUT2D eigenvalue weighted by Crippen LogP contribution is -2.25. The third-order valence-electron chi connectivity index (χ3n) is 2.53. The molecule has 0 spiro atoms. The van der Waals surface area contributed by atoms with E-state index < -0.39 is 10.0 Å². The standard InChI is InChI=1S/C10H14N6O2S/c1-16-7-13-15-9(16)6-14-19(17,18)10-3-2-8(4-11)5-12-10/h2-3,5,7,14H,4,6,11H2,1H3. The predicted molar refractivity (Wildman–Crippen MR) is 67.2 cm³/mol. The Hall–Kier alpha value is -1.84.